The third-order valence-corrected chi connectivity index (χ3v) is 6.65. The van der Waals surface area contributed by atoms with Gasteiger partial charge in [-0.2, -0.15) is 0 Å². The van der Waals surface area contributed by atoms with Crippen LogP contribution < -0.4 is 16.0 Å². The lowest BCUT2D eigenvalue weighted by Crippen LogP contribution is -2.38. The molecule has 2 N–H and O–H groups in total. The van der Waals surface area contributed by atoms with Gasteiger partial charge in [-0.1, -0.05) is 25.1 Å². The molecule has 0 fully saturated rings. The second kappa shape index (κ2) is 8.56. The lowest BCUT2D eigenvalue weighted by atomic mass is 10.1. The maximum absolute atomic E-state index is 12.6. The second-order valence-electron chi connectivity index (χ2n) is 7.45. The summed E-state index contributed by atoms with van der Waals surface area (Å²) in [5, 5.41) is 0. The lowest BCUT2D eigenvalue weighted by Gasteiger charge is -2.07. The summed E-state index contributed by atoms with van der Waals surface area (Å²) in [5.41, 5.74) is 2.18. The molecule has 0 unspecified atom stereocenters. The van der Waals surface area contributed by atoms with Crippen molar-refractivity contribution in [2.24, 2.45) is 7.05 Å². The summed E-state index contributed by atoms with van der Waals surface area (Å²) < 4.78 is 30.4. The zero-order valence-electron chi connectivity index (χ0n) is 17.7. The molecule has 0 aliphatic carbocycles. The smallest absolute Gasteiger partial charge is 0.331 e. The van der Waals surface area contributed by atoms with Gasteiger partial charge in [-0.25, -0.2) is 17.9 Å². The molecule has 32 heavy (non-hydrogen) atoms. The van der Waals surface area contributed by atoms with Crippen molar-refractivity contribution in [3.63, 3.8) is 0 Å². The monoisotopic (exact) mass is 453 g/mol. The number of pyridine rings is 1. The van der Waals surface area contributed by atoms with E-state index < -0.39 is 15.6 Å². The minimum Gasteiger partial charge on any atom is -0.349 e. The molecule has 0 aliphatic rings. The van der Waals surface area contributed by atoms with Crippen molar-refractivity contribution in [1.29, 1.82) is 0 Å². The third-order valence-electron chi connectivity index (χ3n) is 5.24. The Labute approximate surface area is 184 Å². The number of hydrogen-bond donors (Lipinski definition) is 2. The number of H-pyrrole nitrogens is 1. The van der Waals surface area contributed by atoms with Crippen molar-refractivity contribution in [2.75, 3.05) is 0 Å². The number of fused-ring (bicyclic) bond motifs is 1. The van der Waals surface area contributed by atoms with Gasteiger partial charge in [0.15, 0.2) is 0 Å². The number of benzene rings is 1. The molecule has 3 aromatic heterocycles. The highest BCUT2D eigenvalue weighted by atomic mass is 32.2. The van der Waals surface area contributed by atoms with E-state index >= 15 is 0 Å². The van der Waals surface area contributed by atoms with Crippen molar-refractivity contribution in [3.8, 4) is 11.3 Å². The Bertz CT molecular complexity index is 1480. The van der Waals surface area contributed by atoms with Gasteiger partial charge in [0.1, 0.15) is 5.52 Å². The molecule has 9 nitrogen and oxygen atoms in total. The highest BCUT2D eigenvalue weighted by molar-refractivity contribution is 7.89. The molecule has 10 heteroatoms. The Morgan fingerprint density at radius 3 is 2.53 bits per heavy atom. The number of aromatic nitrogens is 4. The quantitative estimate of drug-likeness (QED) is 0.444. The van der Waals surface area contributed by atoms with Gasteiger partial charge in [0, 0.05) is 38.2 Å². The fourth-order valence-electron chi connectivity index (χ4n) is 3.53. The summed E-state index contributed by atoms with van der Waals surface area (Å²) in [5.74, 6) is 0. The summed E-state index contributed by atoms with van der Waals surface area (Å²) in [4.78, 5) is 32.2. The van der Waals surface area contributed by atoms with Crippen molar-refractivity contribution in [1.82, 2.24) is 23.8 Å². The fourth-order valence-corrected chi connectivity index (χ4v) is 4.55. The normalized spacial score (nSPS) is 11.8. The highest BCUT2D eigenvalue weighted by Gasteiger charge is 2.16. The third kappa shape index (κ3) is 4.02. The largest absolute Gasteiger partial charge is 0.349 e. The number of hydrogen-bond acceptors (Lipinski definition) is 5. The molecule has 0 saturated heterocycles. The van der Waals surface area contributed by atoms with Crippen LogP contribution in [0.3, 0.4) is 0 Å². The van der Waals surface area contributed by atoms with E-state index in [-0.39, 0.29) is 17.1 Å². The predicted octanol–water partition coefficient (Wildman–Crippen LogP) is 1.98. The Kier molecular flexibility index (Phi) is 5.81. The van der Waals surface area contributed by atoms with Gasteiger partial charge in [0.25, 0.3) is 5.56 Å². The minimum absolute atomic E-state index is 0.125. The molecule has 3 heterocycles. The van der Waals surface area contributed by atoms with E-state index in [0.29, 0.717) is 28.8 Å². The minimum atomic E-state index is -3.70. The van der Waals surface area contributed by atoms with Crippen LogP contribution in [-0.4, -0.2) is 27.5 Å². The van der Waals surface area contributed by atoms with E-state index in [1.54, 1.807) is 47.3 Å². The van der Waals surface area contributed by atoms with E-state index in [9.17, 15) is 18.0 Å². The number of aromatic amines is 1. The predicted molar refractivity (Wildman–Crippen MR) is 122 cm³/mol. The fraction of sp³-hybridized carbons (Fsp3) is 0.227. The second-order valence-corrected chi connectivity index (χ2v) is 9.22. The van der Waals surface area contributed by atoms with Gasteiger partial charge in [-0.05, 0) is 41.8 Å². The van der Waals surface area contributed by atoms with Gasteiger partial charge >= 0.3 is 5.69 Å². The number of nitrogens with one attached hydrogen (secondary N) is 2. The summed E-state index contributed by atoms with van der Waals surface area (Å²) in [7, 11) is -2.25. The Morgan fingerprint density at radius 1 is 1.12 bits per heavy atom. The van der Waals surface area contributed by atoms with Crippen molar-refractivity contribution in [2.45, 2.75) is 31.3 Å². The molecule has 0 aliphatic heterocycles. The van der Waals surface area contributed by atoms with Crippen LogP contribution in [0, 0.1) is 0 Å². The Balaban J connectivity index is 1.65. The maximum atomic E-state index is 12.6. The molecule has 4 rings (SSSR count). The van der Waals surface area contributed by atoms with Crippen LogP contribution in [-0.2, 0) is 30.2 Å². The van der Waals surface area contributed by atoms with Crippen LogP contribution in [0.2, 0.25) is 0 Å². The zero-order chi connectivity index (χ0) is 22.9. The van der Waals surface area contributed by atoms with E-state index in [1.165, 1.54) is 19.2 Å². The van der Waals surface area contributed by atoms with E-state index in [2.05, 4.69) is 14.7 Å². The molecule has 166 valence electrons. The number of nitrogens with zero attached hydrogens (tertiary/aromatic N) is 3. The van der Waals surface area contributed by atoms with Gasteiger partial charge in [0.2, 0.25) is 10.0 Å². The first-order valence-electron chi connectivity index (χ1n) is 10.1. The van der Waals surface area contributed by atoms with Crippen molar-refractivity contribution in [3.05, 3.63) is 81.3 Å². The summed E-state index contributed by atoms with van der Waals surface area (Å²) >= 11 is 0. The first-order valence-corrected chi connectivity index (χ1v) is 11.6. The Morgan fingerprint density at radius 2 is 1.88 bits per heavy atom. The molecule has 0 spiro atoms. The van der Waals surface area contributed by atoms with Crippen LogP contribution in [0.4, 0.5) is 0 Å². The molecule has 4 aromatic rings. The maximum Gasteiger partial charge on any atom is 0.331 e. The molecule has 0 saturated carbocycles. The van der Waals surface area contributed by atoms with E-state index in [4.69, 9.17) is 0 Å². The number of aryl methyl sites for hydroxylation is 1. The molecular formula is C22H23N5O4S. The summed E-state index contributed by atoms with van der Waals surface area (Å²) in [6.45, 7) is 2.58. The molecular weight excluding hydrogens is 430 g/mol. The van der Waals surface area contributed by atoms with E-state index in [0.717, 1.165) is 16.6 Å². The number of sulfonamides is 1. The summed E-state index contributed by atoms with van der Waals surface area (Å²) in [6.07, 6.45) is 3.97. The SMILES string of the molecule is CCCn1c(=O)n(C)c(=O)c2[nH]c(-c3ccc(S(=O)(=O)NCc4cccnc4)cc3)cc21. The van der Waals surface area contributed by atoms with Gasteiger partial charge in [-0.15, -0.1) is 0 Å². The van der Waals surface area contributed by atoms with Crippen molar-refractivity contribution < 1.29 is 8.42 Å². The summed E-state index contributed by atoms with van der Waals surface area (Å²) in [6, 6.07) is 11.6. The van der Waals surface area contributed by atoms with Crippen LogP contribution in [0.15, 0.2) is 69.3 Å². The van der Waals surface area contributed by atoms with Crippen molar-refractivity contribution >= 4 is 21.1 Å². The molecule has 1 aromatic carbocycles. The first-order chi connectivity index (χ1) is 15.3. The molecule has 0 radical (unpaired) electrons. The molecule has 0 amide bonds. The average molecular weight is 454 g/mol. The van der Waals surface area contributed by atoms with Crippen LogP contribution >= 0.6 is 0 Å². The topological polar surface area (TPSA) is 119 Å². The van der Waals surface area contributed by atoms with Gasteiger partial charge in [0.05, 0.1) is 10.4 Å². The van der Waals surface area contributed by atoms with E-state index in [1.807, 2.05) is 6.92 Å². The van der Waals surface area contributed by atoms with Gasteiger partial charge < -0.3 is 4.98 Å². The average Bonchev–Trinajstić information content (AvgIpc) is 3.25. The standard InChI is InChI=1S/C22H23N5O4S/c1-3-11-27-19-12-18(25-20(19)21(28)26(2)22(27)29)16-6-8-17(9-7-16)32(30,31)24-14-15-5-4-10-23-13-15/h4-10,12-13,24-25H,3,11,14H2,1-2H3. The lowest BCUT2D eigenvalue weighted by molar-refractivity contribution is 0.581. The van der Waals surface area contributed by atoms with Crippen LogP contribution in [0.5, 0.6) is 0 Å². The molecule has 0 bridgehead atoms. The van der Waals surface area contributed by atoms with Crippen LogP contribution in [0.1, 0.15) is 18.9 Å². The van der Waals surface area contributed by atoms with Gasteiger partial charge in [-0.3, -0.25) is 18.9 Å². The Hall–Kier alpha value is -3.50. The molecule has 0 atom stereocenters. The van der Waals surface area contributed by atoms with Crippen LogP contribution in [0.25, 0.3) is 22.3 Å². The number of rotatable bonds is 7. The highest BCUT2D eigenvalue weighted by Crippen LogP contribution is 2.24. The first kappa shape index (κ1) is 21.7. The zero-order valence-corrected chi connectivity index (χ0v) is 18.5.